The Bertz CT molecular complexity index is 380. The zero-order chi connectivity index (χ0) is 9.42. The van der Waals surface area contributed by atoms with Crippen LogP contribution in [0.4, 0.5) is 5.95 Å². The second-order valence-electron chi connectivity index (χ2n) is 2.94. The lowest BCUT2D eigenvalue weighted by molar-refractivity contribution is -0.117. The van der Waals surface area contributed by atoms with Crippen LogP contribution in [0.2, 0.25) is 0 Å². The molecule has 1 aliphatic rings. The molecule has 0 N–H and O–H groups in total. The van der Waals surface area contributed by atoms with Crippen molar-refractivity contribution in [1.82, 2.24) is 14.9 Å². The maximum atomic E-state index is 11.4. The molecule has 0 aromatic carbocycles. The highest BCUT2D eigenvalue weighted by Gasteiger charge is 2.20. The number of carbonyl (C=O) groups is 1. The van der Waals surface area contributed by atoms with Crippen LogP contribution in [0.1, 0.15) is 13.3 Å². The lowest BCUT2D eigenvalue weighted by atomic mass is 10.3. The Kier molecular flexibility index (Phi) is 1.61. The molecule has 0 saturated carbocycles. The van der Waals surface area contributed by atoms with Crippen molar-refractivity contribution in [2.75, 3.05) is 11.9 Å². The van der Waals surface area contributed by atoms with E-state index in [-0.39, 0.29) is 5.91 Å². The minimum atomic E-state index is -0.0204. The van der Waals surface area contributed by atoms with Gasteiger partial charge in [-0.25, -0.2) is 0 Å². The highest BCUT2D eigenvalue weighted by molar-refractivity contribution is 6.06. The van der Waals surface area contributed by atoms with Gasteiger partial charge in [0.05, 0.1) is 6.42 Å². The third-order valence-corrected chi connectivity index (χ3v) is 1.87. The molecule has 13 heavy (non-hydrogen) atoms. The van der Waals surface area contributed by atoms with E-state index >= 15 is 0 Å². The number of hydrogen-bond donors (Lipinski definition) is 0. The van der Waals surface area contributed by atoms with Crippen molar-refractivity contribution in [2.24, 2.45) is 5.10 Å². The van der Waals surface area contributed by atoms with Gasteiger partial charge in [-0.1, -0.05) is 0 Å². The Labute approximate surface area is 74.9 Å². The molecule has 0 bridgehead atoms. The van der Waals surface area contributed by atoms with Crippen molar-refractivity contribution in [1.29, 1.82) is 0 Å². The van der Waals surface area contributed by atoms with Gasteiger partial charge in [-0.05, 0) is 6.92 Å². The lowest BCUT2D eigenvalue weighted by Crippen LogP contribution is -2.27. The standard InChI is InChI=1S/C7H9N5O/c1-5-3-6(13)11(2)7-9-8-4-12(7)10-5/h4H,3H2,1-2H3. The van der Waals surface area contributed by atoms with E-state index in [9.17, 15) is 4.79 Å². The number of carbonyl (C=O) groups excluding carboxylic acids is 1. The van der Waals surface area contributed by atoms with Crippen LogP contribution < -0.4 is 4.90 Å². The van der Waals surface area contributed by atoms with Gasteiger partial charge >= 0.3 is 0 Å². The van der Waals surface area contributed by atoms with Gasteiger partial charge in [0.15, 0.2) is 0 Å². The summed E-state index contributed by atoms with van der Waals surface area (Å²) in [6.07, 6.45) is 1.81. The zero-order valence-corrected chi connectivity index (χ0v) is 7.43. The van der Waals surface area contributed by atoms with Crippen LogP contribution in [0.3, 0.4) is 0 Å². The first-order chi connectivity index (χ1) is 6.18. The summed E-state index contributed by atoms with van der Waals surface area (Å²) >= 11 is 0. The van der Waals surface area contributed by atoms with Crippen molar-refractivity contribution in [3.63, 3.8) is 0 Å². The van der Waals surface area contributed by atoms with Crippen LogP contribution in [-0.2, 0) is 4.79 Å². The summed E-state index contributed by atoms with van der Waals surface area (Å²) < 4.78 is 1.50. The Morgan fingerprint density at radius 1 is 1.54 bits per heavy atom. The monoisotopic (exact) mass is 179 g/mol. The maximum absolute atomic E-state index is 11.4. The highest BCUT2D eigenvalue weighted by Crippen LogP contribution is 2.13. The number of amides is 1. The minimum Gasteiger partial charge on any atom is -0.282 e. The van der Waals surface area contributed by atoms with Crippen LogP contribution >= 0.6 is 0 Å². The first-order valence-electron chi connectivity index (χ1n) is 3.89. The second-order valence-corrected chi connectivity index (χ2v) is 2.94. The zero-order valence-electron chi connectivity index (χ0n) is 7.43. The fourth-order valence-corrected chi connectivity index (χ4v) is 1.18. The van der Waals surface area contributed by atoms with E-state index in [1.54, 1.807) is 14.0 Å². The van der Waals surface area contributed by atoms with Crippen LogP contribution in [0.15, 0.2) is 11.4 Å². The Morgan fingerprint density at radius 3 is 3.08 bits per heavy atom. The molecule has 1 amide bonds. The number of rotatable bonds is 0. The molecule has 6 heteroatoms. The maximum Gasteiger partial charge on any atom is 0.254 e. The molecule has 68 valence electrons. The second kappa shape index (κ2) is 2.65. The largest absolute Gasteiger partial charge is 0.282 e. The Hall–Kier alpha value is -1.72. The summed E-state index contributed by atoms with van der Waals surface area (Å²) in [7, 11) is 1.66. The van der Waals surface area contributed by atoms with Crippen molar-refractivity contribution < 1.29 is 4.79 Å². The number of nitrogens with zero attached hydrogens (tertiary/aromatic N) is 5. The SMILES string of the molecule is CC1=Nn2cnnc2N(C)C(=O)C1. The van der Waals surface area contributed by atoms with Gasteiger partial charge in [-0.2, -0.15) is 9.78 Å². The molecular weight excluding hydrogens is 170 g/mol. The molecule has 0 radical (unpaired) electrons. The Morgan fingerprint density at radius 2 is 2.31 bits per heavy atom. The van der Waals surface area contributed by atoms with Crippen LogP contribution in [-0.4, -0.2) is 33.5 Å². The molecule has 1 aliphatic heterocycles. The van der Waals surface area contributed by atoms with E-state index in [2.05, 4.69) is 15.3 Å². The van der Waals surface area contributed by atoms with Gasteiger partial charge in [0.25, 0.3) is 5.95 Å². The quantitative estimate of drug-likeness (QED) is 0.557. The van der Waals surface area contributed by atoms with Crippen molar-refractivity contribution in [3.8, 4) is 0 Å². The minimum absolute atomic E-state index is 0.0204. The number of aromatic nitrogens is 3. The molecule has 1 aromatic heterocycles. The first-order valence-corrected chi connectivity index (χ1v) is 3.89. The van der Waals surface area contributed by atoms with Crippen LogP contribution in [0.5, 0.6) is 0 Å². The Balaban J connectivity index is 2.54. The summed E-state index contributed by atoms with van der Waals surface area (Å²) in [4.78, 5) is 12.9. The van der Waals surface area contributed by atoms with Gasteiger partial charge in [-0.3, -0.25) is 9.69 Å². The highest BCUT2D eigenvalue weighted by atomic mass is 16.2. The summed E-state index contributed by atoms with van der Waals surface area (Å²) in [5.41, 5.74) is 0.760. The molecule has 0 unspecified atom stereocenters. The molecule has 2 rings (SSSR count). The fourth-order valence-electron chi connectivity index (χ4n) is 1.18. The topological polar surface area (TPSA) is 63.4 Å². The van der Waals surface area contributed by atoms with E-state index in [0.29, 0.717) is 12.4 Å². The first kappa shape index (κ1) is 7.90. The molecule has 6 nitrogen and oxygen atoms in total. The van der Waals surface area contributed by atoms with Gasteiger partial charge in [0.2, 0.25) is 5.91 Å². The van der Waals surface area contributed by atoms with Crippen LogP contribution in [0.25, 0.3) is 0 Å². The molecular formula is C7H9N5O. The third-order valence-electron chi connectivity index (χ3n) is 1.87. The van der Waals surface area contributed by atoms with Gasteiger partial charge < -0.3 is 0 Å². The van der Waals surface area contributed by atoms with Gasteiger partial charge in [-0.15, -0.1) is 10.2 Å². The summed E-state index contributed by atoms with van der Waals surface area (Å²) in [5.74, 6) is 0.440. The number of anilines is 1. The molecule has 2 heterocycles. The number of fused-ring (bicyclic) bond motifs is 1. The van der Waals surface area contributed by atoms with Gasteiger partial charge in [0.1, 0.15) is 6.33 Å². The summed E-state index contributed by atoms with van der Waals surface area (Å²) in [6.45, 7) is 1.81. The molecule has 0 spiro atoms. The predicted octanol–water partition coefficient (Wildman–Crippen LogP) is -0.131. The average Bonchev–Trinajstić information content (AvgIpc) is 2.47. The van der Waals surface area contributed by atoms with Crippen molar-refractivity contribution in [3.05, 3.63) is 6.33 Å². The molecule has 0 saturated heterocycles. The fraction of sp³-hybridized carbons (Fsp3) is 0.429. The summed E-state index contributed by atoms with van der Waals surface area (Å²) in [6, 6.07) is 0. The van der Waals surface area contributed by atoms with Crippen molar-refractivity contribution >= 4 is 17.6 Å². The molecule has 0 fully saturated rings. The summed E-state index contributed by atoms with van der Waals surface area (Å²) in [5, 5.41) is 11.6. The van der Waals surface area contributed by atoms with Gasteiger partial charge in [0, 0.05) is 12.8 Å². The number of hydrogen-bond acceptors (Lipinski definition) is 4. The van der Waals surface area contributed by atoms with E-state index in [1.807, 2.05) is 0 Å². The molecule has 0 atom stereocenters. The smallest absolute Gasteiger partial charge is 0.254 e. The van der Waals surface area contributed by atoms with Crippen LogP contribution in [0, 0.1) is 0 Å². The molecule has 0 aliphatic carbocycles. The normalized spacial score (nSPS) is 16.6. The van der Waals surface area contributed by atoms with E-state index in [4.69, 9.17) is 0 Å². The predicted molar refractivity (Wildman–Crippen MR) is 46.6 cm³/mol. The van der Waals surface area contributed by atoms with E-state index < -0.39 is 0 Å². The lowest BCUT2D eigenvalue weighted by Gasteiger charge is -2.10. The van der Waals surface area contributed by atoms with E-state index in [1.165, 1.54) is 15.9 Å². The van der Waals surface area contributed by atoms with Crippen molar-refractivity contribution in [2.45, 2.75) is 13.3 Å². The van der Waals surface area contributed by atoms with E-state index in [0.717, 1.165) is 5.71 Å². The third kappa shape index (κ3) is 1.20. The average molecular weight is 179 g/mol. The molecule has 1 aromatic rings.